The summed E-state index contributed by atoms with van der Waals surface area (Å²) in [6.45, 7) is 0. The minimum absolute atomic E-state index is 0.166. The van der Waals surface area contributed by atoms with Gasteiger partial charge in [-0.25, -0.2) is 0 Å². The first-order valence-electron chi connectivity index (χ1n) is 18.2. The number of aromatic nitrogens is 3. The summed E-state index contributed by atoms with van der Waals surface area (Å²) in [6.07, 6.45) is 0. The SMILES string of the molecule is N#Cc1ccc2c(c1)c1ccccc1n2-c1ccc2[se]c3cc(-n4c5ccccc5c5ccc6c(c7ccccc7n6-c6ccccc6)c54)ccc3c2c1. The molecule has 0 aliphatic carbocycles. The third-order valence-corrected chi connectivity index (χ3v) is 13.6. The molecule has 5 heteroatoms. The Balaban J connectivity index is 1.11. The van der Waals surface area contributed by atoms with Crippen LogP contribution in [0.25, 0.3) is 102 Å². The van der Waals surface area contributed by atoms with Crippen molar-refractivity contribution in [3.8, 4) is 23.1 Å². The third kappa shape index (κ3) is 4.01. The van der Waals surface area contributed by atoms with E-state index in [-0.39, 0.29) is 14.5 Å². The molecule has 0 saturated heterocycles. The number of fused-ring (bicyclic) bond motifs is 13. The van der Waals surface area contributed by atoms with Gasteiger partial charge in [0.15, 0.2) is 0 Å². The van der Waals surface area contributed by atoms with Crippen molar-refractivity contribution in [3.05, 3.63) is 175 Å². The molecule has 4 heterocycles. The number of para-hydroxylation sites is 4. The van der Waals surface area contributed by atoms with E-state index in [0.717, 1.165) is 33.2 Å². The zero-order chi connectivity index (χ0) is 35.5. The molecule has 250 valence electrons. The molecule has 0 fully saturated rings. The first-order valence-corrected chi connectivity index (χ1v) is 19.9. The number of benzene rings is 8. The van der Waals surface area contributed by atoms with Gasteiger partial charge in [0.25, 0.3) is 0 Å². The summed E-state index contributed by atoms with van der Waals surface area (Å²) < 4.78 is 10.1. The van der Waals surface area contributed by atoms with E-state index < -0.39 is 0 Å². The van der Waals surface area contributed by atoms with Crippen LogP contribution in [-0.4, -0.2) is 28.2 Å². The Morgan fingerprint density at radius 2 is 0.963 bits per heavy atom. The van der Waals surface area contributed by atoms with E-state index in [1.807, 2.05) is 12.1 Å². The summed E-state index contributed by atoms with van der Waals surface area (Å²) in [5, 5.41) is 19.6. The average molecular weight is 752 g/mol. The zero-order valence-electron chi connectivity index (χ0n) is 28.9. The number of nitriles is 1. The van der Waals surface area contributed by atoms with E-state index in [2.05, 4.69) is 177 Å². The maximum absolute atomic E-state index is 9.65. The first-order chi connectivity index (χ1) is 26.7. The zero-order valence-corrected chi connectivity index (χ0v) is 30.6. The predicted octanol–water partition coefficient (Wildman–Crippen LogP) is 12.2. The number of hydrogen-bond acceptors (Lipinski definition) is 1. The van der Waals surface area contributed by atoms with E-state index in [9.17, 15) is 5.26 Å². The van der Waals surface area contributed by atoms with Gasteiger partial charge in [0.05, 0.1) is 0 Å². The van der Waals surface area contributed by atoms with Gasteiger partial charge >= 0.3 is 317 Å². The van der Waals surface area contributed by atoms with E-state index >= 15 is 0 Å². The van der Waals surface area contributed by atoms with Crippen LogP contribution in [0.2, 0.25) is 0 Å². The van der Waals surface area contributed by atoms with Crippen molar-refractivity contribution >= 4 is 99.2 Å². The monoisotopic (exact) mass is 752 g/mol. The summed E-state index contributed by atoms with van der Waals surface area (Å²) in [6, 6.07) is 64.0. The normalized spacial score (nSPS) is 12.1. The number of nitrogens with zero attached hydrogens (tertiary/aromatic N) is 4. The summed E-state index contributed by atoms with van der Waals surface area (Å²) >= 11 is 0.166. The van der Waals surface area contributed by atoms with Crippen LogP contribution < -0.4 is 0 Å². The van der Waals surface area contributed by atoms with Gasteiger partial charge in [0.2, 0.25) is 0 Å². The molecule has 0 radical (unpaired) electrons. The summed E-state index contributed by atoms with van der Waals surface area (Å²) in [4.78, 5) is 0. The molecule has 0 unspecified atom stereocenters. The fourth-order valence-corrected chi connectivity index (χ4v) is 11.3. The van der Waals surface area contributed by atoms with E-state index in [4.69, 9.17) is 0 Å². The molecule has 0 spiro atoms. The second kappa shape index (κ2) is 11.1. The Morgan fingerprint density at radius 3 is 1.76 bits per heavy atom. The van der Waals surface area contributed by atoms with Gasteiger partial charge in [-0.15, -0.1) is 0 Å². The molecule has 54 heavy (non-hydrogen) atoms. The molecule has 4 nitrogen and oxygen atoms in total. The molecular formula is C49H28N4Se. The van der Waals surface area contributed by atoms with Crippen LogP contribution in [0.15, 0.2) is 170 Å². The van der Waals surface area contributed by atoms with Crippen molar-refractivity contribution in [1.29, 1.82) is 5.26 Å². The molecule has 0 N–H and O–H groups in total. The van der Waals surface area contributed by atoms with Crippen molar-refractivity contribution in [2.24, 2.45) is 0 Å². The Bertz CT molecular complexity index is 3570. The molecule has 0 saturated carbocycles. The summed E-state index contributed by atoms with van der Waals surface area (Å²) in [5.74, 6) is 0. The molecule has 12 rings (SSSR count). The average Bonchev–Trinajstić information content (AvgIpc) is 3.96. The van der Waals surface area contributed by atoms with Crippen LogP contribution >= 0.6 is 0 Å². The third-order valence-electron chi connectivity index (χ3n) is 11.2. The van der Waals surface area contributed by atoms with Crippen molar-refractivity contribution in [1.82, 2.24) is 13.7 Å². The summed E-state index contributed by atoms with van der Waals surface area (Å²) in [7, 11) is 0. The van der Waals surface area contributed by atoms with Crippen LogP contribution in [0.1, 0.15) is 5.56 Å². The van der Waals surface area contributed by atoms with Crippen LogP contribution in [0, 0.1) is 11.3 Å². The fourth-order valence-electron chi connectivity index (χ4n) is 8.98. The van der Waals surface area contributed by atoms with E-state index in [1.165, 1.54) is 68.6 Å². The molecule has 12 aromatic rings. The van der Waals surface area contributed by atoms with Crippen LogP contribution in [0.4, 0.5) is 0 Å². The van der Waals surface area contributed by atoms with Crippen molar-refractivity contribution in [2.75, 3.05) is 0 Å². The second-order valence-corrected chi connectivity index (χ2v) is 16.3. The molecule has 0 atom stereocenters. The number of hydrogen-bond donors (Lipinski definition) is 0. The molecule has 0 bridgehead atoms. The van der Waals surface area contributed by atoms with Gasteiger partial charge in [-0.1, -0.05) is 0 Å². The van der Waals surface area contributed by atoms with Crippen LogP contribution in [-0.2, 0) is 0 Å². The van der Waals surface area contributed by atoms with E-state index in [1.54, 1.807) is 0 Å². The van der Waals surface area contributed by atoms with Gasteiger partial charge in [-0.05, 0) is 0 Å². The quantitative estimate of drug-likeness (QED) is 0.166. The van der Waals surface area contributed by atoms with Crippen molar-refractivity contribution in [3.63, 3.8) is 0 Å². The molecule has 8 aromatic carbocycles. The minimum atomic E-state index is 0.166. The van der Waals surface area contributed by atoms with Crippen LogP contribution in [0.3, 0.4) is 0 Å². The molecule has 0 aliphatic rings. The molecular weight excluding hydrogens is 724 g/mol. The first kappa shape index (κ1) is 29.7. The molecule has 4 aromatic heterocycles. The van der Waals surface area contributed by atoms with Gasteiger partial charge in [0, 0.05) is 0 Å². The summed E-state index contributed by atoms with van der Waals surface area (Å²) in [5.41, 5.74) is 11.3. The molecule has 0 amide bonds. The Morgan fingerprint density at radius 1 is 0.370 bits per heavy atom. The van der Waals surface area contributed by atoms with Gasteiger partial charge in [0.1, 0.15) is 0 Å². The topological polar surface area (TPSA) is 38.6 Å². The number of rotatable bonds is 3. The fraction of sp³-hybridized carbons (Fsp3) is 0. The van der Waals surface area contributed by atoms with Crippen LogP contribution in [0.5, 0.6) is 0 Å². The van der Waals surface area contributed by atoms with Gasteiger partial charge in [-0.2, -0.15) is 0 Å². The Hall–Kier alpha value is -6.83. The van der Waals surface area contributed by atoms with Crippen molar-refractivity contribution < 1.29 is 0 Å². The van der Waals surface area contributed by atoms with Gasteiger partial charge < -0.3 is 0 Å². The Labute approximate surface area is 315 Å². The molecule has 0 aliphatic heterocycles. The van der Waals surface area contributed by atoms with Crippen molar-refractivity contribution in [2.45, 2.75) is 0 Å². The van der Waals surface area contributed by atoms with E-state index in [0.29, 0.717) is 5.56 Å². The van der Waals surface area contributed by atoms with Gasteiger partial charge in [-0.3, -0.25) is 0 Å². The second-order valence-electron chi connectivity index (χ2n) is 14.1. The maximum atomic E-state index is 9.65. The standard InChI is InChI=1S/C49H28N4Se/c50-29-30-18-23-44-39(26-30)35-13-5-7-15-41(35)52(44)32-20-25-46-40(27-32)36-21-19-33(28-47(36)54-46)53-42-16-8-4-12-34(42)37-22-24-45-48(49(37)53)38-14-6-9-17-43(38)51(45)31-10-2-1-3-11-31/h1-28H. The predicted molar refractivity (Wildman–Crippen MR) is 226 cm³/mol. The Kier molecular flexibility index (Phi) is 6.10.